The Morgan fingerprint density at radius 2 is 2.17 bits per heavy atom. The van der Waals surface area contributed by atoms with Crippen LogP contribution in [0, 0.1) is 11.3 Å². The molecule has 2 aromatic rings. The van der Waals surface area contributed by atoms with Gasteiger partial charge in [0.1, 0.15) is 0 Å². The van der Waals surface area contributed by atoms with E-state index in [4.69, 9.17) is 5.26 Å². The molecule has 0 saturated carbocycles. The van der Waals surface area contributed by atoms with Gasteiger partial charge in [-0.15, -0.1) is 11.8 Å². The van der Waals surface area contributed by atoms with Gasteiger partial charge >= 0.3 is 0 Å². The molecule has 1 aliphatic rings. The zero-order valence-corrected chi connectivity index (χ0v) is 13.6. The average molecular weight is 323 g/mol. The van der Waals surface area contributed by atoms with Gasteiger partial charge in [-0.25, -0.2) is 0 Å². The van der Waals surface area contributed by atoms with E-state index in [0.717, 1.165) is 12.2 Å². The minimum Gasteiger partial charge on any atom is -0.360 e. The summed E-state index contributed by atoms with van der Waals surface area (Å²) in [5.74, 6) is -0.0750. The second-order valence-electron chi connectivity index (χ2n) is 5.52. The number of benzene rings is 2. The largest absolute Gasteiger partial charge is 0.360 e. The molecule has 5 heteroatoms. The van der Waals surface area contributed by atoms with Gasteiger partial charge in [-0.2, -0.15) is 5.26 Å². The molecule has 0 unspecified atom stereocenters. The fourth-order valence-electron chi connectivity index (χ4n) is 2.67. The molecule has 4 nitrogen and oxygen atoms in total. The lowest BCUT2D eigenvalue weighted by molar-refractivity contribution is -0.115. The molecule has 3 rings (SSSR count). The summed E-state index contributed by atoms with van der Waals surface area (Å²) in [4.78, 5) is 15.7. The number of para-hydroxylation sites is 1. The number of nitriles is 1. The van der Waals surface area contributed by atoms with E-state index in [-0.39, 0.29) is 5.91 Å². The highest BCUT2D eigenvalue weighted by atomic mass is 32.2. The molecule has 1 amide bonds. The Labute approximate surface area is 140 Å². The van der Waals surface area contributed by atoms with Gasteiger partial charge in [0, 0.05) is 22.4 Å². The number of carbonyl (C=O) groups excluding carboxylic acids is 1. The van der Waals surface area contributed by atoms with E-state index in [1.807, 2.05) is 23.9 Å². The smallest absolute Gasteiger partial charge is 0.243 e. The fraction of sp³-hybridized carbons (Fsp3) is 0.222. The summed E-state index contributed by atoms with van der Waals surface area (Å²) in [6, 6.07) is 17.2. The number of nitrogens with zero attached hydrogens (tertiary/aromatic N) is 2. The molecule has 0 bridgehead atoms. The van der Waals surface area contributed by atoms with E-state index in [2.05, 4.69) is 35.3 Å². The maximum atomic E-state index is 12.4. The highest BCUT2D eigenvalue weighted by molar-refractivity contribution is 8.00. The topological polar surface area (TPSA) is 56.1 Å². The SMILES string of the molecule is C[C@H]1CN(CC(=O)Nc2cccc(C#N)c2)c2ccccc2S1. The molecule has 2 aromatic carbocycles. The van der Waals surface area contributed by atoms with Crippen molar-refractivity contribution >= 4 is 29.0 Å². The molecule has 116 valence electrons. The van der Waals surface area contributed by atoms with Gasteiger partial charge in [0.2, 0.25) is 5.91 Å². The second kappa shape index (κ2) is 6.76. The lowest BCUT2D eigenvalue weighted by Crippen LogP contribution is -2.39. The Morgan fingerprint density at radius 1 is 1.35 bits per heavy atom. The number of hydrogen-bond donors (Lipinski definition) is 1. The van der Waals surface area contributed by atoms with Crippen LogP contribution in [-0.4, -0.2) is 24.2 Å². The highest BCUT2D eigenvalue weighted by Crippen LogP contribution is 2.37. The van der Waals surface area contributed by atoms with Crippen molar-refractivity contribution in [1.29, 1.82) is 5.26 Å². The summed E-state index contributed by atoms with van der Waals surface area (Å²) in [7, 11) is 0. The van der Waals surface area contributed by atoms with Crippen molar-refractivity contribution in [1.82, 2.24) is 0 Å². The molecule has 23 heavy (non-hydrogen) atoms. The van der Waals surface area contributed by atoms with Gasteiger partial charge in [0.05, 0.1) is 23.9 Å². The Hall–Kier alpha value is -2.45. The zero-order valence-electron chi connectivity index (χ0n) is 12.8. The summed E-state index contributed by atoms with van der Waals surface area (Å²) in [6.07, 6.45) is 0. The van der Waals surface area contributed by atoms with Crippen LogP contribution < -0.4 is 10.2 Å². The lowest BCUT2D eigenvalue weighted by atomic mass is 10.2. The molecule has 1 aliphatic heterocycles. The van der Waals surface area contributed by atoms with Crippen molar-refractivity contribution in [3.63, 3.8) is 0 Å². The summed E-state index contributed by atoms with van der Waals surface area (Å²) < 4.78 is 0. The highest BCUT2D eigenvalue weighted by Gasteiger charge is 2.23. The maximum absolute atomic E-state index is 12.4. The normalized spacial score (nSPS) is 16.3. The molecule has 0 fully saturated rings. The number of anilines is 2. The number of thioether (sulfide) groups is 1. The van der Waals surface area contributed by atoms with Crippen LogP contribution in [0.4, 0.5) is 11.4 Å². The van der Waals surface area contributed by atoms with E-state index >= 15 is 0 Å². The van der Waals surface area contributed by atoms with Crippen LogP contribution in [0.15, 0.2) is 53.4 Å². The van der Waals surface area contributed by atoms with Crippen molar-refractivity contribution in [2.24, 2.45) is 0 Å². The number of fused-ring (bicyclic) bond motifs is 1. The third-order valence-corrected chi connectivity index (χ3v) is 4.77. The number of nitrogens with one attached hydrogen (secondary N) is 1. The van der Waals surface area contributed by atoms with Gasteiger partial charge in [0.25, 0.3) is 0 Å². The zero-order chi connectivity index (χ0) is 16.2. The fourth-order valence-corrected chi connectivity index (χ4v) is 3.83. The second-order valence-corrected chi connectivity index (χ2v) is 7.00. The Morgan fingerprint density at radius 3 is 3.00 bits per heavy atom. The number of rotatable bonds is 3. The van der Waals surface area contributed by atoms with Crippen LogP contribution in [0.25, 0.3) is 0 Å². The maximum Gasteiger partial charge on any atom is 0.243 e. The summed E-state index contributed by atoms with van der Waals surface area (Å²) in [6.45, 7) is 3.31. The van der Waals surface area contributed by atoms with Crippen molar-refractivity contribution in [3.05, 3.63) is 54.1 Å². The van der Waals surface area contributed by atoms with E-state index < -0.39 is 0 Å². The van der Waals surface area contributed by atoms with Gasteiger partial charge in [-0.05, 0) is 30.3 Å². The Balaban J connectivity index is 1.72. The number of amides is 1. The molecule has 0 aliphatic carbocycles. The van der Waals surface area contributed by atoms with E-state index in [1.165, 1.54) is 4.90 Å². The minimum atomic E-state index is -0.0750. The quantitative estimate of drug-likeness (QED) is 0.939. The van der Waals surface area contributed by atoms with Crippen LogP contribution in [-0.2, 0) is 4.79 Å². The molecule has 0 spiro atoms. The van der Waals surface area contributed by atoms with Crippen LogP contribution in [0.3, 0.4) is 0 Å². The molecule has 1 N–H and O–H groups in total. The molecule has 0 radical (unpaired) electrons. The Kier molecular flexibility index (Phi) is 4.54. The van der Waals surface area contributed by atoms with E-state index in [9.17, 15) is 4.79 Å². The lowest BCUT2D eigenvalue weighted by Gasteiger charge is -2.33. The van der Waals surface area contributed by atoms with Crippen molar-refractivity contribution < 1.29 is 4.79 Å². The Bertz CT molecular complexity index is 769. The molecular weight excluding hydrogens is 306 g/mol. The first kappa shape index (κ1) is 15.4. The first-order valence-corrected chi connectivity index (χ1v) is 8.34. The standard InChI is InChI=1S/C18H17N3OS/c1-13-11-21(16-7-2-3-8-17(16)23-13)12-18(22)20-15-6-4-5-14(9-15)10-19/h2-9,13H,11-12H2,1H3,(H,20,22)/t13-/m0/s1. The van der Waals surface area contributed by atoms with Gasteiger partial charge in [0.15, 0.2) is 0 Å². The van der Waals surface area contributed by atoms with Crippen LogP contribution >= 0.6 is 11.8 Å². The molecular formula is C18H17N3OS. The van der Waals surface area contributed by atoms with Crippen LogP contribution in [0.2, 0.25) is 0 Å². The minimum absolute atomic E-state index is 0.0750. The van der Waals surface area contributed by atoms with E-state index in [1.54, 1.807) is 24.3 Å². The summed E-state index contributed by atoms with van der Waals surface area (Å²) in [5.41, 5.74) is 2.30. The predicted molar refractivity (Wildman–Crippen MR) is 93.8 cm³/mol. The van der Waals surface area contributed by atoms with Crippen molar-refractivity contribution in [2.75, 3.05) is 23.3 Å². The summed E-state index contributed by atoms with van der Waals surface area (Å²) in [5, 5.41) is 12.2. The first-order chi connectivity index (χ1) is 11.2. The molecule has 0 saturated heterocycles. The third kappa shape index (κ3) is 3.66. The monoisotopic (exact) mass is 323 g/mol. The average Bonchev–Trinajstić information content (AvgIpc) is 2.54. The van der Waals surface area contributed by atoms with E-state index in [0.29, 0.717) is 23.0 Å². The predicted octanol–water partition coefficient (Wildman–Crippen LogP) is 3.50. The molecule has 0 aromatic heterocycles. The van der Waals surface area contributed by atoms with Crippen molar-refractivity contribution in [2.45, 2.75) is 17.1 Å². The summed E-state index contributed by atoms with van der Waals surface area (Å²) >= 11 is 1.84. The van der Waals surface area contributed by atoms with Gasteiger partial charge in [-0.1, -0.05) is 25.1 Å². The molecule has 1 atom stereocenters. The number of carbonyl (C=O) groups is 1. The van der Waals surface area contributed by atoms with Gasteiger partial charge in [-0.3, -0.25) is 4.79 Å². The van der Waals surface area contributed by atoms with Crippen LogP contribution in [0.1, 0.15) is 12.5 Å². The third-order valence-electron chi connectivity index (χ3n) is 3.62. The van der Waals surface area contributed by atoms with Gasteiger partial charge < -0.3 is 10.2 Å². The van der Waals surface area contributed by atoms with Crippen LogP contribution in [0.5, 0.6) is 0 Å². The first-order valence-electron chi connectivity index (χ1n) is 7.46. The number of hydrogen-bond acceptors (Lipinski definition) is 4. The van der Waals surface area contributed by atoms with Crippen molar-refractivity contribution in [3.8, 4) is 6.07 Å². The molecule has 1 heterocycles.